The van der Waals surface area contributed by atoms with Gasteiger partial charge in [-0.1, -0.05) is 37.3 Å². The highest BCUT2D eigenvalue weighted by Gasteiger charge is 2.15. The summed E-state index contributed by atoms with van der Waals surface area (Å²) < 4.78 is 0. The molecule has 0 saturated carbocycles. The summed E-state index contributed by atoms with van der Waals surface area (Å²) in [5, 5.41) is 8.78. The van der Waals surface area contributed by atoms with Crippen molar-refractivity contribution in [1.82, 2.24) is 0 Å². The molecule has 0 amide bonds. The van der Waals surface area contributed by atoms with Gasteiger partial charge in [0, 0.05) is 6.42 Å². The number of nitrogens with two attached hydrogens (primary N) is 1. The molecule has 0 aliphatic rings. The van der Waals surface area contributed by atoms with Gasteiger partial charge in [-0.25, -0.2) is 0 Å². The predicted molar refractivity (Wildman–Crippen MR) is 73.3 cm³/mol. The molecule has 0 aliphatic carbocycles. The van der Waals surface area contributed by atoms with Crippen LogP contribution in [0.3, 0.4) is 0 Å². The largest absolute Gasteiger partial charge is 0.481 e. The van der Waals surface area contributed by atoms with Gasteiger partial charge in [0.15, 0.2) is 0 Å². The Kier molecular flexibility index (Phi) is 6.44. The molecule has 1 aromatic rings. The SMILES string of the molecule is C[C@H](CCc1ccccc1)C[C@H](CN)CC(=O)O. The second kappa shape index (κ2) is 7.88. The standard InChI is InChI=1S/C15H23NO2/c1-12(9-14(11-16)10-15(17)18)7-8-13-5-3-2-4-6-13/h2-6,12,14H,7-11,16H2,1H3,(H,17,18)/t12-,14+/m1/s1. The third-order valence-corrected chi connectivity index (χ3v) is 3.30. The lowest BCUT2D eigenvalue weighted by Gasteiger charge is -2.18. The van der Waals surface area contributed by atoms with E-state index in [4.69, 9.17) is 10.8 Å². The van der Waals surface area contributed by atoms with Gasteiger partial charge in [0.25, 0.3) is 0 Å². The fourth-order valence-corrected chi connectivity index (χ4v) is 2.25. The molecular weight excluding hydrogens is 226 g/mol. The third-order valence-electron chi connectivity index (χ3n) is 3.30. The molecule has 2 atom stereocenters. The number of carboxylic acids is 1. The van der Waals surface area contributed by atoms with Crippen molar-refractivity contribution in [3.8, 4) is 0 Å². The summed E-state index contributed by atoms with van der Waals surface area (Å²) in [7, 11) is 0. The van der Waals surface area contributed by atoms with Crippen LogP contribution in [0.25, 0.3) is 0 Å². The minimum atomic E-state index is -0.749. The molecule has 1 aromatic carbocycles. The summed E-state index contributed by atoms with van der Waals surface area (Å²) in [5.41, 5.74) is 6.95. The lowest BCUT2D eigenvalue weighted by molar-refractivity contribution is -0.138. The summed E-state index contributed by atoms with van der Waals surface area (Å²) in [6.45, 7) is 2.63. The van der Waals surface area contributed by atoms with Gasteiger partial charge in [-0.3, -0.25) is 4.79 Å². The molecule has 18 heavy (non-hydrogen) atoms. The van der Waals surface area contributed by atoms with Gasteiger partial charge >= 0.3 is 5.97 Å². The zero-order chi connectivity index (χ0) is 13.4. The topological polar surface area (TPSA) is 63.3 Å². The number of carbonyl (C=O) groups is 1. The van der Waals surface area contributed by atoms with Gasteiger partial charge in [0.2, 0.25) is 0 Å². The van der Waals surface area contributed by atoms with E-state index in [0.717, 1.165) is 19.3 Å². The van der Waals surface area contributed by atoms with Crippen molar-refractivity contribution < 1.29 is 9.90 Å². The van der Waals surface area contributed by atoms with Crippen LogP contribution >= 0.6 is 0 Å². The third kappa shape index (κ3) is 5.82. The van der Waals surface area contributed by atoms with Crippen LogP contribution in [0.5, 0.6) is 0 Å². The van der Waals surface area contributed by atoms with Crippen molar-refractivity contribution in [3.63, 3.8) is 0 Å². The Morgan fingerprint density at radius 1 is 1.33 bits per heavy atom. The molecule has 3 nitrogen and oxygen atoms in total. The Labute approximate surface area is 109 Å². The number of aryl methyl sites for hydroxylation is 1. The Morgan fingerprint density at radius 2 is 2.00 bits per heavy atom. The van der Waals surface area contributed by atoms with Crippen molar-refractivity contribution in [1.29, 1.82) is 0 Å². The Balaban J connectivity index is 2.32. The molecule has 0 saturated heterocycles. The van der Waals surface area contributed by atoms with Gasteiger partial charge in [-0.15, -0.1) is 0 Å². The molecule has 0 unspecified atom stereocenters. The van der Waals surface area contributed by atoms with E-state index in [9.17, 15) is 4.79 Å². The minimum Gasteiger partial charge on any atom is -0.481 e. The number of benzene rings is 1. The van der Waals surface area contributed by atoms with Gasteiger partial charge in [-0.2, -0.15) is 0 Å². The second-order valence-electron chi connectivity index (χ2n) is 5.06. The number of hydrogen-bond donors (Lipinski definition) is 2. The average molecular weight is 249 g/mol. The van der Waals surface area contributed by atoms with Crippen molar-refractivity contribution in [2.24, 2.45) is 17.6 Å². The van der Waals surface area contributed by atoms with Crippen molar-refractivity contribution in [3.05, 3.63) is 35.9 Å². The maximum Gasteiger partial charge on any atom is 0.303 e. The first-order valence-corrected chi connectivity index (χ1v) is 6.57. The molecule has 0 spiro atoms. The van der Waals surface area contributed by atoms with Crippen LogP contribution < -0.4 is 5.73 Å². The molecule has 3 N–H and O–H groups in total. The maximum absolute atomic E-state index is 10.7. The van der Waals surface area contributed by atoms with E-state index in [1.165, 1.54) is 5.56 Å². The van der Waals surface area contributed by atoms with E-state index in [0.29, 0.717) is 12.5 Å². The predicted octanol–water partition coefficient (Wildman–Crippen LogP) is 2.70. The molecular formula is C15H23NO2. The van der Waals surface area contributed by atoms with E-state index < -0.39 is 5.97 Å². The Bertz CT molecular complexity index is 351. The molecule has 0 aromatic heterocycles. The van der Waals surface area contributed by atoms with Crippen LogP contribution in [-0.2, 0) is 11.2 Å². The highest BCUT2D eigenvalue weighted by Crippen LogP contribution is 2.19. The fourth-order valence-electron chi connectivity index (χ4n) is 2.25. The lowest BCUT2D eigenvalue weighted by Crippen LogP contribution is -2.20. The van der Waals surface area contributed by atoms with Crippen LogP contribution in [0.2, 0.25) is 0 Å². The Hall–Kier alpha value is -1.35. The van der Waals surface area contributed by atoms with E-state index in [1.807, 2.05) is 18.2 Å². The summed E-state index contributed by atoms with van der Waals surface area (Å²) >= 11 is 0. The quantitative estimate of drug-likeness (QED) is 0.744. The smallest absolute Gasteiger partial charge is 0.303 e. The molecule has 0 bridgehead atoms. The molecule has 0 aliphatic heterocycles. The summed E-state index contributed by atoms with van der Waals surface area (Å²) in [6.07, 6.45) is 3.22. The number of carboxylic acid groups (broad SMARTS) is 1. The van der Waals surface area contributed by atoms with E-state index in [1.54, 1.807) is 0 Å². The monoisotopic (exact) mass is 249 g/mol. The normalized spacial score (nSPS) is 14.1. The molecule has 0 fully saturated rings. The molecule has 1 rings (SSSR count). The van der Waals surface area contributed by atoms with Crippen molar-refractivity contribution in [2.75, 3.05) is 6.54 Å². The zero-order valence-corrected chi connectivity index (χ0v) is 11.0. The molecule has 0 heterocycles. The number of aliphatic carboxylic acids is 1. The number of hydrogen-bond acceptors (Lipinski definition) is 2. The summed E-state index contributed by atoms with van der Waals surface area (Å²) in [4.78, 5) is 10.7. The average Bonchev–Trinajstić information content (AvgIpc) is 2.36. The second-order valence-corrected chi connectivity index (χ2v) is 5.06. The van der Waals surface area contributed by atoms with Crippen LogP contribution in [0.15, 0.2) is 30.3 Å². The van der Waals surface area contributed by atoms with E-state index >= 15 is 0 Å². The van der Waals surface area contributed by atoms with Gasteiger partial charge in [0.1, 0.15) is 0 Å². The van der Waals surface area contributed by atoms with E-state index in [2.05, 4.69) is 19.1 Å². The maximum atomic E-state index is 10.7. The van der Waals surface area contributed by atoms with E-state index in [-0.39, 0.29) is 12.3 Å². The van der Waals surface area contributed by atoms with Crippen molar-refractivity contribution in [2.45, 2.75) is 32.6 Å². The highest BCUT2D eigenvalue weighted by molar-refractivity contribution is 5.67. The van der Waals surface area contributed by atoms with Crippen LogP contribution in [0.4, 0.5) is 0 Å². The van der Waals surface area contributed by atoms with Gasteiger partial charge in [-0.05, 0) is 43.2 Å². The van der Waals surface area contributed by atoms with Crippen LogP contribution in [0, 0.1) is 11.8 Å². The van der Waals surface area contributed by atoms with Gasteiger partial charge < -0.3 is 10.8 Å². The first-order chi connectivity index (χ1) is 8.61. The molecule has 100 valence electrons. The fraction of sp³-hybridized carbons (Fsp3) is 0.533. The van der Waals surface area contributed by atoms with Crippen molar-refractivity contribution >= 4 is 5.97 Å². The number of rotatable bonds is 8. The van der Waals surface area contributed by atoms with Crippen LogP contribution in [-0.4, -0.2) is 17.6 Å². The first-order valence-electron chi connectivity index (χ1n) is 6.57. The summed E-state index contributed by atoms with van der Waals surface area (Å²) in [6, 6.07) is 10.4. The molecule has 0 radical (unpaired) electrons. The highest BCUT2D eigenvalue weighted by atomic mass is 16.4. The molecule has 3 heteroatoms. The van der Waals surface area contributed by atoms with Crippen LogP contribution in [0.1, 0.15) is 31.7 Å². The Morgan fingerprint density at radius 3 is 2.56 bits per heavy atom. The lowest BCUT2D eigenvalue weighted by atomic mass is 9.89. The van der Waals surface area contributed by atoms with Gasteiger partial charge in [0.05, 0.1) is 0 Å². The summed E-state index contributed by atoms with van der Waals surface area (Å²) in [5.74, 6) is -0.132. The zero-order valence-electron chi connectivity index (χ0n) is 11.0. The first kappa shape index (κ1) is 14.7. The minimum absolute atomic E-state index is 0.105.